The van der Waals surface area contributed by atoms with Crippen LogP contribution in [-0.2, 0) is 9.53 Å². The number of likely N-dealkylation sites (tertiary alicyclic amines) is 1. The van der Waals surface area contributed by atoms with Gasteiger partial charge in [-0.3, -0.25) is 9.69 Å². The van der Waals surface area contributed by atoms with Crippen LogP contribution in [0.1, 0.15) is 39.0 Å². The Kier molecular flexibility index (Phi) is 6.42. The van der Waals surface area contributed by atoms with Crippen LogP contribution in [0.15, 0.2) is 0 Å². The number of carboxylic acid groups (broad SMARTS) is 1. The number of carboxylic acids is 1. The molecule has 1 N–H and O–H groups in total. The average molecular weight is 229 g/mol. The van der Waals surface area contributed by atoms with Gasteiger partial charge < -0.3 is 9.84 Å². The van der Waals surface area contributed by atoms with Gasteiger partial charge in [-0.05, 0) is 32.7 Å². The lowest BCUT2D eigenvalue weighted by atomic mass is 10.1. The Hall–Kier alpha value is -0.610. The van der Waals surface area contributed by atoms with E-state index in [0.717, 1.165) is 58.4 Å². The van der Waals surface area contributed by atoms with E-state index in [1.54, 1.807) is 0 Å². The highest BCUT2D eigenvalue weighted by Gasteiger charge is 2.26. The fourth-order valence-electron chi connectivity index (χ4n) is 2.23. The minimum Gasteiger partial charge on any atom is -0.480 e. The molecule has 0 spiro atoms. The van der Waals surface area contributed by atoms with Gasteiger partial charge in [-0.2, -0.15) is 0 Å². The highest BCUT2D eigenvalue weighted by atomic mass is 16.5. The van der Waals surface area contributed by atoms with E-state index in [9.17, 15) is 4.79 Å². The molecule has 1 fully saturated rings. The molecule has 1 heterocycles. The van der Waals surface area contributed by atoms with E-state index in [1.165, 1.54) is 0 Å². The first-order valence-corrected chi connectivity index (χ1v) is 6.30. The summed E-state index contributed by atoms with van der Waals surface area (Å²) < 4.78 is 5.28. The molecule has 0 bridgehead atoms. The molecule has 0 aliphatic carbocycles. The minimum atomic E-state index is -0.668. The van der Waals surface area contributed by atoms with Crippen LogP contribution in [0.5, 0.6) is 0 Å². The zero-order chi connectivity index (χ0) is 11.8. The third kappa shape index (κ3) is 4.49. The molecular formula is C12H23NO3. The Morgan fingerprint density at radius 1 is 1.44 bits per heavy atom. The van der Waals surface area contributed by atoms with Crippen molar-refractivity contribution in [2.24, 2.45) is 0 Å². The molecule has 1 aliphatic rings. The van der Waals surface area contributed by atoms with Crippen molar-refractivity contribution >= 4 is 5.97 Å². The average Bonchev–Trinajstić information content (AvgIpc) is 2.49. The lowest BCUT2D eigenvalue weighted by Gasteiger charge is -2.26. The lowest BCUT2D eigenvalue weighted by molar-refractivity contribution is -0.143. The largest absolute Gasteiger partial charge is 0.480 e. The number of nitrogens with zero attached hydrogens (tertiary/aromatic N) is 1. The molecule has 1 atom stereocenters. The molecule has 0 aromatic heterocycles. The van der Waals surface area contributed by atoms with Crippen molar-refractivity contribution in [2.45, 2.75) is 45.1 Å². The van der Waals surface area contributed by atoms with Gasteiger partial charge in [-0.25, -0.2) is 0 Å². The van der Waals surface area contributed by atoms with E-state index in [1.807, 2.05) is 6.92 Å². The van der Waals surface area contributed by atoms with Crippen molar-refractivity contribution in [3.63, 3.8) is 0 Å². The van der Waals surface area contributed by atoms with Crippen LogP contribution in [0.3, 0.4) is 0 Å². The van der Waals surface area contributed by atoms with E-state index >= 15 is 0 Å². The van der Waals surface area contributed by atoms with Crippen molar-refractivity contribution in [2.75, 3.05) is 26.3 Å². The summed E-state index contributed by atoms with van der Waals surface area (Å²) in [6.45, 7) is 5.22. The fraction of sp³-hybridized carbons (Fsp3) is 0.917. The predicted octanol–water partition coefficient (Wildman–Crippen LogP) is 1.74. The molecule has 0 saturated carbocycles. The lowest BCUT2D eigenvalue weighted by Crippen LogP contribution is -2.41. The summed E-state index contributed by atoms with van der Waals surface area (Å²) >= 11 is 0. The topological polar surface area (TPSA) is 49.8 Å². The van der Waals surface area contributed by atoms with Crippen molar-refractivity contribution in [3.8, 4) is 0 Å². The Morgan fingerprint density at radius 3 is 2.94 bits per heavy atom. The van der Waals surface area contributed by atoms with E-state index in [0.29, 0.717) is 0 Å². The van der Waals surface area contributed by atoms with Crippen LogP contribution in [-0.4, -0.2) is 48.3 Å². The number of carbonyl (C=O) groups is 1. The third-order valence-corrected chi connectivity index (χ3v) is 3.09. The first-order valence-electron chi connectivity index (χ1n) is 6.30. The molecule has 16 heavy (non-hydrogen) atoms. The summed E-state index contributed by atoms with van der Waals surface area (Å²) in [7, 11) is 0. The number of ether oxygens (including phenoxy) is 1. The van der Waals surface area contributed by atoms with E-state index in [4.69, 9.17) is 9.84 Å². The molecule has 94 valence electrons. The van der Waals surface area contributed by atoms with Gasteiger partial charge in [0, 0.05) is 19.8 Å². The van der Waals surface area contributed by atoms with Gasteiger partial charge in [0.05, 0.1) is 0 Å². The van der Waals surface area contributed by atoms with Crippen LogP contribution >= 0.6 is 0 Å². The summed E-state index contributed by atoms with van der Waals surface area (Å²) in [5.74, 6) is -0.668. The summed E-state index contributed by atoms with van der Waals surface area (Å²) in [6, 6.07) is -0.274. The molecule has 1 aliphatic heterocycles. The molecule has 0 radical (unpaired) electrons. The first-order chi connectivity index (χ1) is 7.75. The predicted molar refractivity (Wildman–Crippen MR) is 62.6 cm³/mol. The number of hydrogen-bond donors (Lipinski definition) is 1. The number of rotatable bonds is 6. The third-order valence-electron chi connectivity index (χ3n) is 3.09. The van der Waals surface area contributed by atoms with Gasteiger partial charge in [-0.15, -0.1) is 0 Å². The standard InChI is InChI=1S/C12H23NO3/c1-2-16-10-6-9-13-8-5-3-4-7-11(13)12(14)15/h11H,2-10H2,1H3,(H,14,15). The quantitative estimate of drug-likeness (QED) is 0.705. The fourth-order valence-corrected chi connectivity index (χ4v) is 2.23. The van der Waals surface area contributed by atoms with Crippen molar-refractivity contribution in [1.82, 2.24) is 4.90 Å². The Labute approximate surface area is 97.6 Å². The van der Waals surface area contributed by atoms with Gasteiger partial charge in [0.1, 0.15) is 6.04 Å². The summed E-state index contributed by atoms with van der Waals surface area (Å²) in [4.78, 5) is 13.2. The first kappa shape index (κ1) is 13.5. The van der Waals surface area contributed by atoms with E-state index < -0.39 is 5.97 Å². The van der Waals surface area contributed by atoms with Gasteiger partial charge >= 0.3 is 5.97 Å². The van der Waals surface area contributed by atoms with E-state index in [-0.39, 0.29) is 6.04 Å². The normalized spacial score (nSPS) is 22.9. The molecule has 4 nitrogen and oxygen atoms in total. The Morgan fingerprint density at radius 2 is 2.25 bits per heavy atom. The molecule has 1 unspecified atom stereocenters. The zero-order valence-electron chi connectivity index (χ0n) is 10.2. The highest BCUT2D eigenvalue weighted by molar-refractivity contribution is 5.73. The monoisotopic (exact) mass is 229 g/mol. The Bertz CT molecular complexity index is 208. The van der Waals surface area contributed by atoms with Crippen LogP contribution < -0.4 is 0 Å². The highest BCUT2D eigenvalue weighted by Crippen LogP contribution is 2.17. The molecule has 0 aromatic rings. The summed E-state index contributed by atoms with van der Waals surface area (Å²) in [6.07, 6.45) is 5.05. The number of aliphatic carboxylic acids is 1. The van der Waals surface area contributed by atoms with Crippen molar-refractivity contribution in [3.05, 3.63) is 0 Å². The van der Waals surface area contributed by atoms with E-state index in [2.05, 4.69) is 4.90 Å². The maximum atomic E-state index is 11.1. The van der Waals surface area contributed by atoms with Crippen LogP contribution in [0.4, 0.5) is 0 Å². The maximum absolute atomic E-state index is 11.1. The second-order valence-electron chi connectivity index (χ2n) is 4.29. The number of hydrogen-bond acceptors (Lipinski definition) is 3. The second kappa shape index (κ2) is 7.63. The van der Waals surface area contributed by atoms with Gasteiger partial charge in [-0.1, -0.05) is 12.8 Å². The van der Waals surface area contributed by atoms with Gasteiger partial charge in [0.2, 0.25) is 0 Å². The summed E-state index contributed by atoms with van der Waals surface area (Å²) in [5, 5.41) is 9.16. The molecule has 0 amide bonds. The van der Waals surface area contributed by atoms with Crippen molar-refractivity contribution in [1.29, 1.82) is 0 Å². The summed E-state index contributed by atoms with van der Waals surface area (Å²) in [5.41, 5.74) is 0. The second-order valence-corrected chi connectivity index (χ2v) is 4.29. The van der Waals surface area contributed by atoms with Crippen LogP contribution in [0, 0.1) is 0 Å². The molecule has 1 rings (SSSR count). The SMILES string of the molecule is CCOCCCN1CCCCCC1C(=O)O. The van der Waals surface area contributed by atoms with Gasteiger partial charge in [0.25, 0.3) is 0 Å². The molecule has 1 saturated heterocycles. The van der Waals surface area contributed by atoms with Crippen molar-refractivity contribution < 1.29 is 14.6 Å². The van der Waals surface area contributed by atoms with Crippen LogP contribution in [0.25, 0.3) is 0 Å². The molecule has 0 aromatic carbocycles. The Balaban J connectivity index is 2.35. The molecule has 4 heteroatoms. The smallest absolute Gasteiger partial charge is 0.320 e. The zero-order valence-corrected chi connectivity index (χ0v) is 10.2. The van der Waals surface area contributed by atoms with Crippen LogP contribution in [0.2, 0.25) is 0 Å². The maximum Gasteiger partial charge on any atom is 0.320 e. The minimum absolute atomic E-state index is 0.274. The molecular weight excluding hydrogens is 206 g/mol. The van der Waals surface area contributed by atoms with Gasteiger partial charge in [0.15, 0.2) is 0 Å².